The van der Waals surface area contributed by atoms with Gasteiger partial charge in [0, 0.05) is 25.2 Å². The van der Waals surface area contributed by atoms with Crippen molar-refractivity contribution >= 4 is 21.6 Å². The van der Waals surface area contributed by atoms with E-state index >= 15 is 0 Å². The van der Waals surface area contributed by atoms with Crippen LogP contribution in [0.25, 0.3) is 0 Å². The lowest BCUT2D eigenvalue weighted by molar-refractivity contribution is -0.117. The number of fused-ring (bicyclic) bond motifs is 2. The van der Waals surface area contributed by atoms with E-state index in [0.717, 1.165) is 25.2 Å². The van der Waals surface area contributed by atoms with Crippen molar-refractivity contribution in [2.75, 3.05) is 25.0 Å². The van der Waals surface area contributed by atoms with Gasteiger partial charge in [-0.25, -0.2) is 8.42 Å². The van der Waals surface area contributed by atoms with E-state index in [1.54, 1.807) is 18.2 Å². The lowest BCUT2D eigenvalue weighted by Crippen LogP contribution is -2.28. The van der Waals surface area contributed by atoms with E-state index in [2.05, 4.69) is 5.32 Å². The van der Waals surface area contributed by atoms with E-state index in [4.69, 9.17) is 4.74 Å². The van der Waals surface area contributed by atoms with Crippen molar-refractivity contribution in [3.63, 3.8) is 0 Å². The van der Waals surface area contributed by atoms with Crippen molar-refractivity contribution in [2.24, 2.45) is 17.8 Å². The third-order valence-electron chi connectivity index (χ3n) is 6.54. The summed E-state index contributed by atoms with van der Waals surface area (Å²) >= 11 is 0. The van der Waals surface area contributed by atoms with Gasteiger partial charge in [0.1, 0.15) is 10.6 Å². The molecule has 2 bridgehead atoms. The van der Waals surface area contributed by atoms with E-state index in [1.807, 2.05) is 6.92 Å². The van der Waals surface area contributed by atoms with Gasteiger partial charge in [0.2, 0.25) is 15.9 Å². The van der Waals surface area contributed by atoms with E-state index in [9.17, 15) is 13.2 Å². The van der Waals surface area contributed by atoms with E-state index < -0.39 is 10.0 Å². The Kier molecular flexibility index (Phi) is 5.65. The molecule has 1 N–H and O–H groups in total. The fourth-order valence-electron chi connectivity index (χ4n) is 5.21. The van der Waals surface area contributed by atoms with Crippen molar-refractivity contribution in [1.29, 1.82) is 0 Å². The number of nitrogens with one attached hydrogen (secondary N) is 1. The minimum absolute atomic E-state index is 0.0220. The number of ether oxygens (including phenoxy) is 1. The predicted octanol–water partition coefficient (Wildman–Crippen LogP) is 3.63. The highest BCUT2D eigenvalue weighted by atomic mass is 32.2. The minimum Gasteiger partial charge on any atom is -0.492 e. The van der Waals surface area contributed by atoms with Crippen LogP contribution in [0, 0.1) is 17.8 Å². The summed E-state index contributed by atoms with van der Waals surface area (Å²) in [5.74, 6) is 2.31. The van der Waals surface area contributed by atoms with Gasteiger partial charge in [-0.15, -0.1) is 0 Å². The zero-order valence-electron chi connectivity index (χ0n) is 16.5. The number of rotatable bonds is 7. The number of carbonyl (C=O) groups is 1. The number of benzene rings is 1. The Morgan fingerprint density at radius 2 is 2.00 bits per heavy atom. The summed E-state index contributed by atoms with van der Waals surface area (Å²) in [6.07, 6.45) is 7.30. The van der Waals surface area contributed by atoms with Crippen LogP contribution in [0.3, 0.4) is 0 Å². The summed E-state index contributed by atoms with van der Waals surface area (Å²) in [4.78, 5) is 12.7. The summed E-state index contributed by atoms with van der Waals surface area (Å²) in [5.41, 5.74) is 0.523. The highest BCUT2D eigenvalue weighted by molar-refractivity contribution is 7.89. The molecule has 28 heavy (non-hydrogen) atoms. The van der Waals surface area contributed by atoms with Crippen molar-refractivity contribution < 1.29 is 17.9 Å². The summed E-state index contributed by atoms with van der Waals surface area (Å²) < 4.78 is 33.2. The highest BCUT2D eigenvalue weighted by Crippen LogP contribution is 2.49. The molecule has 1 aromatic rings. The average molecular weight is 407 g/mol. The molecule has 1 heterocycles. The molecule has 0 aromatic heterocycles. The molecular formula is C21H30N2O4S. The molecule has 1 amide bonds. The standard InChI is InChI=1S/C21H30N2O4S/c1-2-27-19-8-7-18(14-20(19)28(25,26)23-9-3-4-10-23)22-21(24)13-17-12-15-5-6-16(17)11-15/h7-8,14-17H,2-6,9-13H2,1H3,(H,22,24)/t15-,16+,17+/m0/s1. The molecule has 1 aliphatic heterocycles. The lowest BCUT2D eigenvalue weighted by Gasteiger charge is -2.21. The van der Waals surface area contributed by atoms with E-state index in [-0.39, 0.29) is 10.8 Å². The maximum absolute atomic E-state index is 13.1. The predicted molar refractivity (Wildman–Crippen MR) is 108 cm³/mol. The topological polar surface area (TPSA) is 75.7 Å². The van der Waals surface area contributed by atoms with Crippen LogP contribution in [0.2, 0.25) is 0 Å². The average Bonchev–Trinajstić information content (AvgIpc) is 3.41. The molecule has 3 aliphatic rings. The largest absolute Gasteiger partial charge is 0.492 e. The molecule has 4 rings (SSSR count). The Morgan fingerprint density at radius 3 is 2.64 bits per heavy atom. The van der Waals surface area contributed by atoms with Crippen LogP contribution in [0.15, 0.2) is 23.1 Å². The third kappa shape index (κ3) is 3.92. The Labute approximate surface area is 167 Å². The van der Waals surface area contributed by atoms with E-state index in [0.29, 0.717) is 49.4 Å². The van der Waals surface area contributed by atoms with Crippen LogP contribution in [0.4, 0.5) is 5.69 Å². The van der Waals surface area contributed by atoms with Crippen molar-refractivity contribution in [3.8, 4) is 5.75 Å². The first-order valence-corrected chi connectivity index (χ1v) is 12.0. The maximum atomic E-state index is 13.1. The van der Waals surface area contributed by atoms with Crippen molar-refractivity contribution in [2.45, 2.75) is 56.8 Å². The Bertz CT molecular complexity index is 833. The number of nitrogens with zero attached hydrogens (tertiary/aromatic N) is 1. The number of carbonyl (C=O) groups excluding carboxylic acids is 1. The molecule has 0 unspecified atom stereocenters. The number of sulfonamides is 1. The Morgan fingerprint density at radius 1 is 1.21 bits per heavy atom. The van der Waals surface area contributed by atoms with Crippen LogP contribution in [-0.2, 0) is 14.8 Å². The smallest absolute Gasteiger partial charge is 0.246 e. The van der Waals surface area contributed by atoms with Crippen LogP contribution in [0.1, 0.15) is 51.9 Å². The molecule has 1 aromatic carbocycles. The zero-order valence-corrected chi connectivity index (χ0v) is 17.3. The third-order valence-corrected chi connectivity index (χ3v) is 8.46. The normalized spacial score (nSPS) is 27.2. The van der Waals surface area contributed by atoms with Gasteiger partial charge in [0.05, 0.1) is 6.61 Å². The first-order valence-electron chi connectivity index (χ1n) is 10.5. The Hall–Kier alpha value is -1.60. The maximum Gasteiger partial charge on any atom is 0.246 e. The second kappa shape index (κ2) is 8.03. The molecule has 6 nitrogen and oxygen atoms in total. The quantitative estimate of drug-likeness (QED) is 0.750. The van der Waals surface area contributed by atoms with Gasteiger partial charge in [-0.05, 0) is 75.0 Å². The highest BCUT2D eigenvalue weighted by Gasteiger charge is 2.40. The number of hydrogen-bond donors (Lipinski definition) is 1. The summed E-state index contributed by atoms with van der Waals surface area (Å²) in [6.45, 7) is 3.29. The lowest BCUT2D eigenvalue weighted by atomic mass is 9.86. The molecule has 3 atom stereocenters. The summed E-state index contributed by atoms with van der Waals surface area (Å²) in [7, 11) is -3.62. The number of anilines is 1. The summed E-state index contributed by atoms with van der Waals surface area (Å²) in [5, 5.41) is 2.92. The second-order valence-corrected chi connectivity index (χ2v) is 10.3. The van der Waals surface area contributed by atoms with Crippen molar-refractivity contribution in [1.82, 2.24) is 4.31 Å². The second-order valence-electron chi connectivity index (χ2n) is 8.39. The first-order chi connectivity index (χ1) is 13.5. The molecule has 0 spiro atoms. The van der Waals surface area contributed by atoms with Crippen molar-refractivity contribution in [3.05, 3.63) is 18.2 Å². The molecule has 0 radical (unpaired) electrons. The van der Waals surface area contributed by atoms with Gasteiger partial charge >= 0.3 is 0 Å². The van der Waals surface area contributed by atoms with E-state index in [1.165, 1.54) is 23.6 Å². The minimum atomic E-state index is -3.62. The molecule has 2 aliphatic carbocycles. The first kappa shape index (κ1) is 19.7. The van der Waals surface area contributed by atoms with Gasteiger partial charge in [-0.3, -0.25) is 4.79 Å². The molecule has 3 fully saturated rings. The van der Waals surface area contributed by atoms with Gasteiger partial charge in [-0.1, -0.05) is 6.42 Å². The molecule has 1 saturated heterocycles. The fraction of sp³-hybridized carbons (Fsp3) is 0.667. The Balaban J connectivity index is 1.50. The fourth-order valence-corrected chi connectivity index (χ4v) is 6.88. The van der Waals surface area contributed by atoms with Gasteiger partial charge in [0.15, 0.2) is 0 Å². The van der Waals surface area contributed by atoms with Gasteiger partial charge < -0.3 is 10.1 Å². The number of amides is 1. The van der Waals surface area contributed by atoms with Crippen LogP contribution < -0.4 is 10.1 Å². The number of hydrogen-bond acceptors (Lipinski definition) is 4. The summed E-state index contributed by atoms with van der Waals surface area (Å²) in [6, 6.07) is 4.93. The molecule has 7 heteroatoms. The zero-order chi connectivity index (χ0) is 19.7. The van der Waals surface area contributed by atoms with Gasteiger partial charge in [-0.2, -0.15) is 4.31 Å². The molecule has 154 valence electrons. The van der Waals surface area contributed by atoms with Crippen LogP contribution in [0.5, 0.6) is 5.75 Å². The van der Waals surface area contributed by atoms with Gasteiger partial charge in [0.25, 0.3) is 0 Å². The van der Waals surface area contributed by atoms with Crippen LogP contribution in [-0.4, -0.2) is 38.3 Å². The SMILES string of the molecule is CCOc1ccc(NC(=O)C[C@H]2C[C@H]3CC[C@@H]2C3)cc1S(=O)(=O)N1CCCC1. The molecule has 2 saturated carbocycles. The molecular weight excluding hydrogens is 376 g/mol. The monoisotopic (exact) mass is 406 g/mol. The van der Waals surface area contributed by atoms with Crippen LogP contribution >= 0.6 is 0 Å².